The van der Waals surface area contributed by atoms with E-state index in [2.05, 4.69) is 26.5 Å². The van der Waals surface area contributed by atoms with Crippen LogP contribution >= 0.6 is 0 Å². The summed E-state index contributed by atoms with van der Waals surface area (Å²) in [5, 5.41) is 17.0. The van der Waals surface area contributed by atoms with Crippen LogP contribution in [0.4, 0.5) is 11.6 Å². The first-order valence-corrected chi connectivity index (χ1v) is 14.9. The van der Waals surface area contributed by atoms with Gasteiger partial charge in [0.05, 0.1) is 30.1 Å². The second kappa shape index (κ2) is 11.3. The first-order valence-electron chi connectivity index (χ1n) is 13.3. The van der Waals surface area contributed by atoms with Crippen LogP contribution in [0.2, 0.25) is 0 Å². The van der Waals surface area contributed by atoms with Crippen molar-refractivity contribution < 1.29 is 18.0 Å². The smallest absolute Gasteiger partial charge is 0.253 e. The molecular formula is C27H31N9O4S. The molecule has 2 fully saturated rings. The molecule has 14 heteroatoms. The van der Waals surface area contributed by atoms with E-state index in [0.29, 0.717) is 54.6 Å². The summed E-state index contributed by atoms with van der Waals surface area (Å²) in [5.74, 6) is 0.302. The van der Waals surface area contributed by atoms with Crippen LogP contribution in [0.3, 0.4) is 0 Å². The zero-order chi connectivity index (χ0) is 29.2. The number of sulfonamides is 1. The van der Waals surface area contributed by atoms with Crippen LogP contribution in [0.1, 0.15) is 30.6 Å². The van der Waals surface area contributed by atoms with Crippen molar-refractivity contribution in [1.29, 1.82) is 5.26 Å². The zero-order valence-electron chi connectivity index (χ0n) is 22.9. The van der Waals surface area contributed by atoms with E-state index in [1.807, 2.05) is 0 Å². The second-order valence-electron chi connectivity index (χ2n) is 10.2. The normalized spacial score (nSPS) is 17.0. The van der Waals surface area contributed by atoms with Gasteiger partial charge in [0.25, 0.3) is 5.91 Å². The number of amides is 2. The third kappa shape index (κ3) is 5.77. The van der Waals surface area contributed by atoms with Crippen molar-refractivity contribution in [1.82, 2.24) is 33.9 Å². The number of hydrogen-bond acceptors (Lipinski definition) is 9. The highest BCUT2D eigenvalue weighted by molar-refractivity contribution is 7.89. The highest BCUT2D eigenvalue weighted by Gasteiger charge is 2.49. The van der Waals surface area contributed by atoms with E-state index in [1.165, 1.54) is 11.2 Å². The number of carbonyl (C=O) groups is 2. The number of nitrogens with one attached hydrogen (secondary N) is 1. The number of hydrogen-bond donors (Lipinski definition) is 1. The van der Waals surface area contributed by atoms with Crippen LogP contribution in [0.5, 0.6) is 0 Å². The zero-order valence-corrected chi connectivity index (χ0v) is 23.7. The summed E-state index contributed by atoms with van der Waals surface area (Å²) >= 11 is 0. The van der Waals surface area contributed by atoms with Gasteiger partial charge in [0, 0.05) is 75.4 Å². The van der Waals surface area contributed by atoms with Gasteiger partial charge in [-0.25, -0.2) is 18.4 Å². The summed E-state index contributed by atoms with van der Waals surface area (Å²) in [5.41, 5.74) is 1.85. The fourth-order valence-electron chi connectivity index (χ4n) is 5.00. The molecule has 0 aliphatic carbocycles. The van der Waals surface area contributed by atoms with E-state index < -0.39 is 15.6 Å². The topological polar surface area (TPSA) is 157 Å². The third-order valence-electron chi connectivity index (χ3n) is 7.53. The Morgan fingerprint density at radius 1 is 1.07 bits per heavy atom. The molecule has 13 nitrogen and oxygen atoms in total. The number of benzene rings is 1. The average Bonchev–Trinajstić information content (AvgIpc) is 3.46. The maximum atomic E-state index is 12.9. The molecule has 0 saturated carbocycles. The van der Waals surface area contributed by atoms with E-state index in [4.69, 9.17) is 0 Å². The molecule has 2 amide bonds. The summed E-state index contributed by atoms with van der Waals surface area (Å²) in [6, 6.07) is 11.0. The molecule has 41 heavy (non-hydrogen) atoms. The van der Waals surface area contributed by atoms with Crippen LogP contribution in [0, 0.1) is 11.3 Å². The van der Waals surface area contributed by atoms with E-state index >= 15 is 0 Å². The van der Waals surface area contributed by atoms with Gasteiger partial charge in [-0.15, -0.1) is 0 Å². The maximum absolute atomic E-state index is 12.9. The molecule has 1 N–H and O–H groups in total. The Bertz CT molecular complexity index is 1580. The summed E-state index contributed by atoms with van der Waals surface area (Å²) < 4.78 is 27.5. The van der Waals surface area contributed by atoms with Gasteiger partial charge in [0.15, 0.2) is 0 Å². The molecule has 214 valence electrons. The van der Waals surface area contributed by atoms with Gasteiger partial charge >= 0.3 is 0 Å². The quantitative estimate of drug-likeness (QED) is 0.420. The Morgan fingerprint density at radius 3 is 2.39 bits per heavy atom. The lowest BCUT2D eigenvalue weighted by Gasteiger charge is -2.47. The van der Waals surface area contributed by atoms with Crippen LogP contribution in [0.15, 0.2) is 48.9 Å². The van der Waals surface area contributed by atoms with E-state index in [1.54, 1.807) is 70.3 Å². The monoisotopic (exact) mass is 577 g/mol. The Hall–Kier alpha value is -4.35. The number of aromatic nitrogens is 4. The van der Waals surface area contributed by atoms with Crippen LogP contribution in [0.25, 0.3) is 11.3 Å². The molecule has 4 heterocycles. The number of piperazine rings is 1. The Labute approximate surface area is 238 Å². The molecule has 0 atom stereocenters. The number of anilines is 2. The largest absolute Gasteiger partial charge is 0.339 e. The third-order valence-corrected chi connectivity index (χ3v) is 9.30. The Morgan fingerprint density at radius 2 is 1.76 bits per heavy atom. The SMILES string of the molecule is CCS(=O)(=O)N1CC(CC#N)(n2cc(-c3ccnc(Nc4ccc(C(=O)N5CCN(C(C)=O)CC5)cc4)n3)cn2)C1. The first-order chi connectivity index (χ1) is 19.6. The van der Waals surface area contributed by atoms with Gasteiger partial charge in [0.2, 0.25) is 21.9 Å². The summed E-state index contributed by atoms with van der Waals surface area (Å²) in [4.78, 5) is 36.8. The van der Waals surface area contributed by atoms with Crippen molar-refractivity contribution in [2.75, 3.05) is 50.3 Å². The molecule has 0 unspecified atom stereocenters. The number of nitrogens with zero attached hydrogens (tertiary/aromatic N) is 8. The summed E-state index contributed by atoms with van der Waals surface area (Å²) in [6.45, 7) is 5.60. The van der Waals surface area contributed by atoms with E-state index in [-0.39, 0.29) is 37.1 Å². The van der Waals surface area contributed by atoms with Crippen molar-refractivity contribution in [3.63, 3.8) is 0 Å². The van der Waals surface area contributed by atoms with E-state index in [9.17, 15) is 23.3 Å². The number of nitriles is 1. The first kappa shape index (κ1) is 28.2. The lowest BCUT2D eigenvalue weighted by molar-refractivity contribution is -0.130. The second-order valence-corrected chi connectivity index (χ2v) is 12.4. The maximum Gasteiger partial charge on any atom is 0.253 e. The van der Waals surface area contributed by atoms with Gasteiger partial charge in [-0.2, -0.15) is 14.7 Å². The predicted molar refractivity (Wildman–Crippen MR) is 150 cm³/mol. The van der Waals surface area contributed by atoms with E-state index in [0.717, 1.165) is 0 Å². The summed E-state index contributed by atoms with van der Waals surface area (Å²) in [6.07, 6.45) is 5.16. The highest BCUT2D eigenvalue weighted by atomic mass is 32.2. The lowest BCUT2D eigenvalue weighted by Crippen LogP contribution is -2.64. The van der Waals surface area contributed by atoms with Gasteiger partial charge in [-0.1, -0.05) is 0 Å². The highest BCUT2D eigenvalue weighted by Crippen LogP contribution is 2.35. The fourth-order valence-corrected chi connectivity index (χ4v) is 6.24. The van der Waals surface area contributed by atoms with Gasteiger partial charge in [0.1, 0.15) is 5.54 Å². The summed E-state index contributed by atoms with van der Waals surface area (Å²) in [7, 11) is -3.34. The molecule has 1 aromatic carbocycles. The molecule has 0 radical (unpaired) electrons. The molecule has 3 aromatic rings. The minimum absolute atomic E-state index is 0.00919. The fraction of sp³-hybridized carbons (Fsp3) is 0.407. The molecule has 2 aromatic heterocycles. The van der Waals surface area contributed by atoms with Crippen molar-refractivity contribution >= 4 is 33.5 Å². The molecule has 0 spiro atoms. The molecule has 2 aliphatic rings. The predicted octanol–water partition coefficient (Wildman–Crippen LogP) is 1.66. The number of rotatable bonds is 8. The van der Waals surface area contributed by atoms with Crippen molar-refractivity contribution in [2.24, 2.45) is 0 Å². The van der Waals surface area contributed by atoms with Crippen molar-refractivity contribution in [3.8, 4) is 17.3 Å². The Kier molecular flexibility index (Phi) is 7.74. The molecule has 5 rings (SSSR count). The minimum atomic E-state index is -3.34. The van der Waals surface area contributed by atoms with Crippen LogP contribution in [-0.2, 0) is 20.4 Å². The van der Waals surface area contributed by atoms with Crippen LogP contribution in [-0.4, -0.2) is 99.1 Å². The molecule has 2 aliphatic heterocycles. The van der Waals surface area contributed by atoms with Gasteiger partial charge in [-0.05, 0) is 37.3 Å². The average molecular weight is 578 g/mol. The molecule has 2 saturated heterocycles. The van der Waals surface area contributed by atoms with Crippen LogP contribution < -0.4 is 5.32 Å². The standard InChI is InChI=1S/C27H31N9O4S/c1-3-41(39,40)35-18-27(19-35,9-10-28)36-17-22(16-30-36)24-8-11-29-26(32-24)31-23-6-4-21(5-7-23)25(38)34-14-12-33(13-15-34)20(2)37/h4-8,11,16-17H,3,9,12-15,18-19H2,1-2H3,(H,29,31,32). The lowest BCUT2D eigenvalue weighted by atomic mass is 9.89. The minimum Gasteiger partial charge on any atom is -0.339 e. The van der Waals surface area contributed by atoms with Gasteiger partial charge in [-0.3, -0.25) is 14.3 Å². The van der Waals surface area contributed by atoms with Crippen molar-refractivity contribution in [3.05, 3.63) is 54.5 Å². The van der Waals surface area contributed by atoms with Gasteiger partial charge < -0.3 is 15.1 Å². The molecule has 0 bridgehead atoms. The Balaban J connectivity index is 1.25. The molecular weight excluding hydrogens is 546 g/mol. The number of carbonyl (C=O) groups excluding carboxylic acids is 2. The van der Waals surface area contributed by atoms with Crippen molar-refractivity contribution in [2.45, 2.75) is 25.8 Å².